The molecule has 0 aromatic heterocycles. The minimum atomic E-state index is 0.213. The normalized spacial score (nSPS) is 31.6. The minimum Gasteiger partial charge on any atom is -0.375 e. The fourth-order valence-corrected chi connectivity index (χ4v) is 5.14. The highest BCUT2D eigenvalue weighted by molar-refractivity contribution is 7.99. The Hall–Kier alpha value is 0.230. The van der Waals surface area contributed by atoms with Crippen molar-refractivity contribution in [2.45, 2.75) is 62.6 Å². The van der Waals surface area contributed by atoms with Gasteiger partial charge in [-0.3, -0.25) is 4.90 Å². The van der Waals surface area contributed by atoms with E-state index in [0.717, 1.165) is 31.8 Å². The molecule has 1 unspecified atom stereocenters. The summed E-state index contributed by atoms with van der Waals surface area (Å²) in [6, 6.07) is 1.55. The first-order valence-electron chi connectivity index (χ1n) is 8.00. The van der Waals surface area contributed by atoms with Gasteiger partial charge in [-0.1, -0.05) is 6.42 Å². The SMILES string of the molecule is NCCN(C1CCC1)C1CCOC2(CCSCC2)C1. The molecule has 1 saturated carbocycles. The van der Waals surface area contributed by atoms with Crippen LogP contribution in [0.25, 0.3) is 0 Å². The van der Waals surface area contributed by atoms with Crippen molar-refractivity contribution in [3.8, 4) is 0 Å². The number of hydrogen-bond donors (Lipinski definition) is 1. The van der Waals surface area contributed by atoms with Crippen molar-refractivity contribution >= 4 is 11.8 Å². The molecular formula is C15H28N2OS. The van der Waals surface area contributed by atoms with E-state index >= 15 is 0 Å². The Morgan fingerprint density at radius 2 is 1.95 bits per heavy atom. The molecule has 2 N–H and O–H groups in total. The number of nitrogens with two attached hydrogens (primary N) is 1. The lowest BCUT2D eigenvalue weighted by Gasteiger charge is -2.50. The molecule has 2 saturated heterocycles. The molecular weight excluding hydrogens is 256 g/mol. The number of thioether (sulfide) groups is 1. The van der Waals surface area contributed by atoms with Crippen LogP contribution in [0.15, 0.2) is 0 Å². The van der Waals surface area contributed by atoms with E-state index in [0.29, 0.717) is 0 Å². The predicted molar refractivity (Wildman–Crippen MR) is 81.7 cm³/mol. The molecule has 0 amide bonds. The Morgan fingerprint density at radius 3 is 2.58 bits per heavy atom. The van der Waals surface area contributed by atoms with Crippen LogP contribution in [-0.2, 0) is 4.74 Å². The van der Waals surface area contributed by atoms with Crippen molar-refractivity contribution < 1.29 is 4.74 Å². The second-order valence-corrected chi connectivity index (χ2v) is 7.63. The fourth-order valence-electron chi connectivity index (χ4n) is 3.91. The van der Waals surface area contributed by atoms with Gasteiger partial charge in [-0.2, -0.15) is 11.8 Å². The second-order valence-electron chi connectivity index (χ2n) is 6.40. The summed E-state index contributed by atoms with van der Waals surface area (Å²) in [5, 5.41) is 0. The molecule has 3 aliphatic rings. The molecule has 0 bridgehead atoms. The highest BCUT2D eigenvalue weighted by Crippen LogP contribution is 2.40. The van der Waals surface area contributed by atoms with Gasteiger partial charge >= 0.3 is 0 Å². The molecule has 1 spiro atoms. The summed E-state index contributed by atoms with van der Waals surface area (Å²) in [4.78, 5) is 2.73. The lowest BCUT2D eigenvalue weighted by atomic mass is 9.82. The molecule has 3 nitrogen and oxygen atoms in total. The van der Waals surface area contributed by atoms with Crippen LogP contribution in [-0.4, -0.2) is 53.8 Å². The summed E-state index contributed by atoms with van der Waals surface area (Å²) in [6.45, 7) is 2.85. The van der Waals surface area contributed by atoms with E-state index in [1.54, 1.807) is 0 Å². The van der Waals surface area contributed by atoms with E-state index in [-0.39, 0.29) is 5.60 Å². The maximum Gasteiger partial charge on any atom is 0.0713 e. The summed E-state index contributed by atoms with van der Waals surface area (Å²) in [5.74, 6) is 2.57. The monoisotopic (exact) mass is 284 g/mol. The highest BCUT2D eigenvalue weighted by atomic mass is 32.2. The molecule has 0 radical (unpaired) electrons. The van der Waals surface area contributed by atoms with Gasteiger partial charge in [0, 0.05) is 31.8 Å². The van der Waals surface area contributed by atoms with Gasteiger partial charge in [0.2, 0.25) is 0 Å². The van der Waals surface area contributed by atoms with Crippen molar-refractivity contribution in [1.29, 1.82) is 0 Å². The summed E-state index contributed by atoms with van der Waals surface area (Å²) in [5.41, 5.74) is 6.06. The summed E-state index contributed by atoms with van der Waals surface area (Å²) >= 11 is 2.09. The van der Waals surface area contributed by atoms with Crippen LogP contribution >= 0.6 is 11.8 Å². The zero-order chi connectivity index (χ0) is 13.1. The van der Waals surface area contributed by atoms with Gasteiger partial charge < -0.3 is 10.5 Å². The summed E-state index contributed by atoms with van der Waals surface area (Å²) in [7, 11) is 0. The Morgan fingerprint density at radius 1 is 1.16 bits per heavy atom. The predicted octanol–water partition coefficient (Wildman–Crippen LogP) is 2.24. The Kier molecular flexibility index (Phi) is 4.73. The van der Waals surface area contributed by atoms with Crippen LogP contribution in [0.4, 0.5) is 0 Å². The van der Waals surface area contributed by atoms with E-state index in [4.69, 9.17) is 10.5 Å². The molecule has 2 heterocycles. The van der Waals surface area contributed by atoms with Crippen molar-refractivity contribution in [2.75, 3.05) is 31.2 Å². The molecule has 4 heteroatoms. The van der Waals surface area contributed by atoms with E-state index in [9.17, 15) is 0 Å². The molecule has 3 fully saturated rings. The van der Waals surface area contributed by atoms with Gasteiger partial charge in [-0.15, -0.1) is 0 Å². The quantitative estimate of drug-likeness (QED) is 0.859. The van der Waals surface area contributed by atoms with Crippen LogP contribution in [0.1, 0.15) is 44.9 Å². The molecule has 0 aromatic carbocycles. The second kappa shape index (κ2) is 6.33. The van der Waals surface area contributed by atoms with Crippen LogP contribution in [0.2, 0.25) is 0 Å². The molecule has 1 aliphatic carbocycles. The molecule has 1 atom stereocenters. The largest absolute Gasteiger partial charge is 0.375 e. The third-order valence-corrected chi connectivity index (χ3v) is 6.26. The summed E-state index contributed by atoms with van der Waals surface area (Å²) in [6.07, 6.45) is 9.18. The number of hydrogen-bond acceptors (Lipinski definition) is 4. The zero-order valence-corrected chi connectivity index (χ0v) is 12.8. The number of nitrogens with zero attached hydrogens (tertiary/aromatic N) is 1. The smallest absolute Gasteiger partial charge is 0.0713 e. The van der Waals surface area contributed by atoms with Crippen LogP contribution in [0.3, 0.4) is 0 Å². The first-order chi connectivity index (χ1) is 9.33. The molecule has 3 rings (SSSR count). The van der Waals surface area contributed by atoms with Crippen molar-refractivity contribution in [3.63, 3.8) is 0 Å². The van der Waals surface area contributed by atoms with Gasteiger partial charge in [0.25, 0.3) is 0 Å². The molecule has 19 heavy (non-hydrogen) atoms. The molecule has 0 aromatic rings. The first kappa shape index (κ1) is 14.2. The Bertz CT molecular complexity index is 284. The van der Waals surface area contributed by atoms with E-state index < -0.39 is 0 Å². The van der Waals surface area contributed by atoms with Gasteiger partial charge in [-0.25, -0.2) is 0 Å². The van der Waals surface area contributed by atoms with E-state index in [2.05, 4.69) is 16.7 Å². The third kappa shape index (κ3) is 3.12. The Labute approximate surface area is 121 Å². The van der Waals surface area contributed by atoms with Gasteiger partial charge in [0.15, 0.2) is 0 Å². The van der Waals surface area contributed by atoms with Crippen LogP contribution in [0, 0.1) is 0 Å². The van der Waals surface area contributed by atoms with Gasteiger partial charge in [-0.05, 0) is 50.0 Å². The standard InChI is InChI=1S/C15H28N2OS/c16-7-8-17(13-2-1-3-13)14-4-9-18-15(12-14)5-10-19-11-6-15/h13-14H,1-12,16H2. The molecule has 110 valence electrons. The van der Waals surface area contributed by atoms with Gasteiger partial charge in [0.05, 0.1) is 5.60 Å². The average Bonchev–Trinajstić information content (AvgIpc) is 2.37. The Balaban J connectivity index is 1.64. The number of ether oxygens (including phenoxy) is 1. The lowest BCUT2D eigenvalue weighted by molar-refractivity contribution is -0.118. The van der Waals surface area contributed by atoms with Crippen molar-refractivity contribution in [3.05, 3.63) is 0 Å². The van der Waals surface area contributed by atoms with Gasteiger partial charge in [0.1, 0.15) is 0 Å². The van der Waals surface area contributed by atoms with E-state index in [1.165, 1.54) is 56.5 Å². The lowest BCUT2D eigenvalue weighted by Crippen LogP contribution is -2.55. The minimum absolute atomic E-state index is 0.213. The van der Waals surface area contributed by atoms with Crippen LogP contribution < -0.4 is 5.73 Å². The highest BCUT2D eigenvalue weighted by Gasteiger charge is 2.42. The fraction of sp³-hybridized carbons (Fsp3) is 1.00. The zero-order valence-electron chi connectivity index (χ0n) is 12.0. The topological polar surface area (TPSA) is 38.5 Å². The number of rotatable bonds is 4. The third-order valence-electron chi connectivity index (χ3n) is 5.27. The molecule has 2 aliphatic heterocycles. The maximum absolute atomic E-state index is 6.23. The maximum atomic E-state index is 6.23. The average molecular weight is 284 g/mol. The van der Waals surface area contributed by atoms with Crippen molar-refractivity contribution in [2.24, 2.45) is 5.73 Å². The van der Waals surface area contributed by atoms with E-state index in [1.807, 2.05) is 0 Å². The van der Waals surface area contributed by atoms with Crippen LogP contribution in [0.5, 0.6) is 0 Å². The summed E-state index contributed by atoms with van der Waals surface area (Å²) < 4.78 is 6.23. The first-order valence-corrected chi connectivity index (χ1v) is 9.16. The van der Waals surface area contributed by atoms with Crippen molar-refractivity contribution in [1.82, 2.24) is 4.90 Å².